The van der Waals surface area contributed by atoms with Crippen molar-refractivity contribution in [2.24, 2.45) is 0 Å². The van der Waals surface area contributed by atoms with Gasteiger partial charge in [0.1, 0.15) is 0 Å². The van der Waals surface area contributed by atoms with Gasteiger partial charge in [-0.1, -0.05) is 0 Å². The minimum Gasteiger partial charge on any atom is -0.379 e. The first-order chi connectivity index (χ1) is 10.4. The Labute approximate surface area is 132 Å². The van der Waals surface area contributed by atoms with Gasteiger partial charge in [-0.2, -0.15) is 0 Å². The summed E-state index contributed by atoms with van der Waals surface area (Å²) in [6.07, 6.45) is 0. The maximum Gasteiger partial charge on any atom is 0.0701 e. The molecule has 0 fully saturated rings. The zero-order chi connectivity index (χ0) is 15.4. The maximum atomic E-state index is 5.46. The predicted octanol–water partition coefficient (Wildman–Crippen LogP) is 1.34. The van der Waals surface area contributed by atoms with Gasteiger partial charge in [-0.15, -0.1) is 11.6 Å². The molecule has 0 aromatic heterocycles. The summed E-state index contributed by atoms with van der Waals surface area (Å²) >= 11 is 5.46. The fourth-order valence-electron chi connectivity index (χ4n) is 1.30. The second kappa shape index (κ2) is 20.1. The van der Waals surface area contributed by atoms with Gasteiger partial charge in [0.2, 0.25) is 0 Å². The summed E-state index contributed by atoms with van der Waals surface area (Å²) in [5, 5.41) is 0. The molecule has 0 unspecified atom stereocenters. The Morgan fingerprint density at radius 3 is 1.05 bits per heavy atom. The zero-order valence-corrected chi connectivity index (χ0v) is 13.8. The lowest BCUT2D eigenvalue weighted by atomic mass is 10.7. The van der Waals surface area contributed by atoms with Gasteiger partial charge in [-0.3, -0.25) is 0 Å². The molecule has 0 radical (unpaired) electrons. The van der Waals surface area contributed by atoms with E-state index < -0.39 is 0 Å². The number of rotatable bonds is 18. The van der Waals surface area contributed by atoms with Crippen LogP contribution in [-0.4, -0.2) is 85.2 Å². The zero-order valence-electron chi connectivity index (χ0n) is 13.0. The van der Waals surface area contributed by atoms with Crippen LogP contribution in [0.4, 0.5) is 0 Å². The molecule has 0 N–H and O–H groups in total. The third-order valence-electron chi connectivity index (χ3n) is 2.29. The predicted molar refractivity (Wildman–Crippen MR) is 81.3 cm³/mol. The molecule has 0 aromatic carbocycles. The summed E-state index contributed by atoms with van der Waals surface area (Å²) in [7, 11) is 0. The van der Waals surface area contributed by atoms with Crippen LogP contribution < -0.4 is 0 Å². The van der Waals surface area contributed by atoms with Crippen molar-refractivity contribution in [3.05, 3.63) is 0 Å². The molecular weight excluding hydrogens is 300 g/mol. The first-order valence-electron chi connectivity index (χ1n) is 7.44. The van der Waals surface area contributed by atoms with E-state index >= 15 is 0 Å². The van der Waals surface area contributed by atoms with Gasteiger partial charge in [0.25, 0.3) is 0 Å². The summed E-state index contributed by atoms with van der Waals surface area (Å²) in [6.45, 7) is 9.03. The fraction of sp³-hybridized carbons (Fsp3) is 1.00. The minimum absolute atomic E-state index is 0.515. The number of halogens is 1. The third-order valence-corrected chi connectivity index (χ3v) is 2.44. The average Bonchev–Trinajstić information content (AvgIpc) is 2.50. The average molecular weight is 329 g/mol. The molecule has 6 nitrogen and oxygen atoms in total. The Hall–Kier alpha value is 0.0500. The summed E-state index contributed by atoms with van der Waals surface area (Å²) in [5.41, 5.74) is 0. The van der Waals surface area contributed by atoms with E-state index in [0.29, 0.717) is 78.6 Å². The lowest BCUT2D eigenvalue weighted by Gasteiger charge is -2.07. The van der Waals surface area contributed by atoms with Gasteiger partial charge in [0, 0.05) is 12.5 Å². The Morgan fingerprint density at radius 1 is 0.476 bits per heavy atom. The Bertz CT molecular complexity index is 167. The van der Waals surface area contributed by atoms with Gasteiger partial charge in [0.05, 0.1) is 72.7 Å². The molecular formula is C14H29ClO6. The first-order valence-corrected chi connectivity index (χ1v) is 7.97. The molecule has 0 spiro atoms. The van der Waals surface area contributed by atoms with Crippen LogP contribution in [0.2, 0.25) is 0 Å². The lowest BCUT2D eigenvalue weighted by molar-refractivity contribution is -0.0155. The lowest BCUT2D eigenvalue weighted by Crippen LogP contribution is -2.14. The van der Waals surface area contributed by atoms with Crippen molar-refractivity contribution in [1.82, 2.24) is 0 Å². The van der Waals surface area contributed by atoms with Crippen LogP contribution in [-0.2, 0) is 28.4 Å². The quantitative estimate of drug-likeness (QED) is 0.280. The van der Waals surface area contributed by atoms with Crippen LogP contribution in [0.25, 0.3) is 0 Å². The van der Waals surface area contributed by atoms with Crippen molar-refractivity contribution < 1.29 is 28.4 Å². The maximum absolute atomic E-state index is 5.46. The van der Waals surface area contributed by atoms with E-state index in [9.17, 15) is 0 Å². The van der Waals surface area contributed by atoms with E-state index in [0.717, 1.165) is 6.61 Å². The molecule has 21 heavy (non-hydrogen) atoms. The standard InChI is InChI=1S/C14H29ClO6/c1-2-16-5-6-18-9-10-20-13-14-21-12-11-19-8-7-17-4-3-15/h2-14H2,1H3. The van der Waals surface area contributed by atoms with E-state index in [-0.39, 0.29) is 0 Å². The molecule has 7 heteroatoms. The second-order valence-electron chi connectivity index (χ2n) is 3.95. The van der Waals surface area contributed by atoms with Crippen molar-refractivity contribution >= 4 is 11.6 Å². The molecule has 0 bridgehead atoms. The summed E-state index contributed by atoms with van der Waals surface area (Å²) in [6, 6.07) is 0. The van der Waals surface area contributed by atoms with Crippen LogP contribution in [0.15, 0.2) is 0 Å². The second-order valence-corrected chi connectivity index (χ2v) is 4.33. The topological polar surface area (TPSA) is 55.4 Å². The fourth-order valence-corrected chi connectivity index (χ4v) is 1.41. The highest BCUT2D eigenvalue weighted by molar-refractivity contribution is 6.17. The molecule has 0 amide bonds. The van der Waals surface area contributed by atoms with Crippen molar-refractivity contribution in [2.45, 2.75) is 6.92 Å². The molecule has 0 rings (SSSR count). The highest BCUT2D eigenvalue weighted by Crippen LogP contribution is 1.84. The van der Waals surface area contributed by atoms with E-state index in [1.54, 1.807) is 0 Å². The van der Waals surface area contributed by atoms with Crippen LogP contribution in [0.1, 0.15) is 6.92 Å². The molecule has 0 aliphatic heterocycles. The smallest absolute Gasteiger partial charge is 0.0701 e. The van der Waals surface area contributed by atoms with Crippen molar-refractivity contribution in [3.63, 3.8) is 0 Å². The number of hydrogen-bond acceptors (Lipinski definition) is 6. The van der Waals surface area contributed by atoms with Crippen molar-refractivity contribution in [2.75, 3.05) is 85.2 Å². The summed E-state index contributed by atoms with van der Waals surface area (Å²) in [5.74, 6) is 0.515. The van der Waals surface area contributed by atoms with Gasteiger partial charge < -0.3 is 28.4 Å². The van der Waals surface area contributed by atoms with Crippen molar-refractivity contribution in [1.29, 1.82) is 0 Å². The van der Waals surface area contributed by atoms with Crippen LogP contribution in [0.3, 0.4) is 0 Å². The van der Waals surface area contributed by atoms with E-state index in [4.69, 9.17) is 40.0 Å². The number of alkyl halides is 1. The molecule has 0 heterocycles. The molecule has 0 aliphatic carbocycles. The van der Waals surface area contributed by atoms with Gasteiger partial charge >= 0.3 is 0 Å². The SMILES string of the molecule is CCOCCOCCOCCOCCOCCOCCCl. The normalized spacial score (nSPS) is 11.1. The van der Waals surface area contributed by atoms with Crippen LogP contribution >= 0.6 is 11.6 Å². The largest absolute Gasteiger partial charge is 0.379 e. The summed E-state index contributed by atoms with van der Waals surface area (Å²) in [4.78, 5) is 0. The Balaban J connectivity index is 2.90. The Kier molecular flexibility index (Phi) is 20.1. The first kappa shape index (κ1) is 21.0. The van der Waals surface area contributed by atoms with E-state index in [1.165, 1.54) is 0 Å². The monoisotopic (exact) mass is 328 g/mol. The van der Waals surface area contributed by atoms with E-state index in [1.807, 2.05) is 6.92 Å². The van der Waals surface area contributed by atoms with Crippen LogP contribution in [0, 0.1) is 0 Å². The van der Waals surface area contributed by atoms with Gasteiger partial charge in [0.15, 0.2) is 0 Å². The molecule has 0 saturated carbocycles. The molecule has 0 saturated heterocycles. The minimum atomic E-state index is 0.515. The third kappa shape index (κ3) is 20.1. The summed E-state index contributed by atoms with van der Waals surface area (Å²) < 4.78 is 31.6. The van der Waals surface area contributed by atoms with Gasteiger partial charge in [-0.05, 0) is 6.92 Å². The molecule has 128 valence electrons. The highest BCUT2D eigenvalue weighted by Gasteiger charge is 1.93. The van der Waals surface area contributed by atoms with Crippen LogP contribution in [0.5, 0.6) is 0 Å². The highest BCUT2D eigenvalue weighted by atomic mass is 35.5. The van der Waals surface area contributed by atoms with Crippen molar-refractivity contribution in [3.8, 4) is 0 Å². The van der Waals surface area contributed by atoms with Gasteiger partial charge in [-0.25, -0.2) is 0 Å². The number of ether oxygens (including phenoxy) is 6. The molecule has 0 aliphatic rings. The molecule has 0 aromatic rings. The Morgan fingerprint density at radius 2 is 0.762 bits per heavy atom. The number of hydrogen-bond donors (Lipinski definition) is 0. The molecule has 0 atom stereocenters. The van der Waals surface area contributed by atoms with E-state index in [2.05, 4.69) is 0 Å².